The van der Waals surface area contributed by atoms with Crippen LogP contribution in [-0.2, 0) is 7.05 Å². The Balaban J connectivity index is 2.46. The predicted octanol–water partition coefficient (Wildman–Crippen LogP) is 1.34. The number of aromatic nitrogens is 4. The summed E-state index contributed by atoms with van der Waals surface area (Å²) in [6.45, 7) is 0. The first-order chi connectivity index (χ1) is 7.59. The molecule has 16 heavy (non-hydrogen) atoms. The highest BCUT2D eigenvalue weighted by molar-refractivity contribution is 9.10. The first kappa shape index (κ1) is 10.7. The van der Waals surface area contributed by atoms with Crippen LogP contribution in [0.25, 0.3) is 11.4 Å². The molecule has 2 rings (SSSR count). The zero-order valence-electron chi connectivity index (χ0n) is 8.25. The topological polar surface area (TPSA) is 80.9 Å². The van der Waals surface area contributed by atoms with Crippen molar-refractivity contribution in [2.45, 2.75) is 0 Å². The Bertz CT molecular complexity index is 515. The molecule has 0 atom stereocenters. The van der Waals surface area contributed by atoms with Crippen molar-refractivity contribution in [1.82, 2.24) is 19.7 Å². The van der Waals surface area contributed by atoms with E-state index in [9.17, 15) is 4.79 Å². The lowest BCUT2D eigenvalue weighted by Crippen LogP contribution is -2.02. The van der Waals surface area contributed by atoms with Gasteiger partial charge in [0.05, 0.1) is 23.1 Å². The van der Waals surface area contributed by atoms with Crippen LogP contribution in [0.4, 0.5) is 0 Å². The first-order valence-electron chi connectivity index (χ1n) is 4.33. The van der Waals surface area contributed by atoms with Crippen LogP contribution in [0.5, 0.6) is 0 Å². The Morgan fingerprint density at radius 1 is 1.38 bits per heavy atom. The van der Waals surface area contributed by atoms with E-state index >= 15 is 0 Å². The Labute approximate surface area is 99.1 Å². The molecule has 0 saturated heterocycles. The summed E-state index contributed by atoms with van der Waals surface area (Å²) >= 11 is 3.33. The second kappa shape index (κ2) is 4.01. The van der Waals surface area contributed by atoms with Crippen molar-refractivity contribution >= 4 is 21.9 Å². The third kappa shape index (κ3) is 1.81. The average molecular weight is 283 g/mol. The Morgan fingerprint density at radius 3 is 2.56 bits per heavy atom. The number of hydrogen-bond donors (Lipinski definition) is 1. The standard InChI is InChI=1S/C9H7BrN4O2/c1-14-8(5(10)2-13-14)6-3-12-7(4-11-6)9(15)16/h2-4H,1H3,(H,15,16). The lowest BCUT2D eigenvalue weighted by Gasteiger charge is -2.01. The number of carbonyl (C=O) groups is 1. The second-order valence-electron chi connectivity index (χ2n) is 3.06. The molecule has 0 fully saturated rings. The maximum atomic E-state index is 10.6. The molecule has 0 amide bonds. The van der Waals surface area contributed by atoms with E-state index in [1.807, 2.05) is 0 Å². The molecule has 0 radical (unpaired) electrons. The second-order valence-corrected chi connectivity index (χ2v) is 3.91. The van der Waals surface area contributed by atoms with E-state index in [-0.39, 0.29) is 5.69 Å². The van der Waals surface area contributed by atoms with Gasteiger partial charge < -0.3 is 5.11 Å². The fourth-order valence-corrected chi connectivity index (χ4v) is 1.81. The van der Waals surface area contributed by atoms with Crippen LogP contribution in [0.1, 0.15) is 10.5 Å². The van der Waals surface area contributed by atoms with Gasteiger partial charge in [-0.1, -0.05) is 0 Å². The summed E-state index contributed by atoms with van der Waals surface area (Å²) in [7, 11) is 1.77. The number of aryl methyl sites for hydroxylation is 1. The van der Waals surface area contributed by atoms with Crippen LogP contribution in [0.2, 0.25) is 0 Å². The Hall–Kier alpha value is -1.76. The van der Waals surface area contributed by atoms with Gasteiger partial charge in [0.2, 0.25) is 0 Å². The van der Waals surface area contributed by atoms with Crippen LogP contribution < -0.4 is 0 Å². The summed E-state index contributed by atoms with van der Waals surface area (Å²) in [6.07, 6.45) is 4.27. The number of aromatic carboxylic acids is 1. The third-order valence-corrected chi connectivity index (χ3v) is 2.59. The molecule has 2 aromatic heterocycles. The van der Waals surface area contributed by atoms with E-state index in [1.54, 1.807) is 17.9 Å². The highest BCUT2D eigenvalue weighted by Crippen LogP contribution is 2.24. The normalized spacial score (nSPS) is 10.4. The quantitative estimate of drug-likeness (QED) is 0.899. The highest BCUT2D eigenvalue weighted by atomic mass is 79.9. The molecular weight excluding hydrogens is 276 g/mol. The summed E-state index contributed by atoms with van der Waals surface area (Å²) in [4.78, 5) is 18.4. The molecule has 0 aromatic carbocycles. The van der Waals surface area contributed by atoms with E-state index in [2.05, 4.69) is 31.0 Å². The summed E-state index contributed by atoms with van der Waals surface area (Å²) in [5.41, 5.74) is 1.24. The summed E-state index contributed by atoms with van der Waals surface area (Å²) in [5.74, 6) is -1.09. The van der Waals surface area contributed by atoms with Gasteiger partial charge in [0.1, 0.15) is 11.4 Å². The van der Waals surface area contributed by atoms with Gasteiger partial charge in [-0.2, -0.15) is 5.10 Å². The van der Waals surface area contributed by atoms with Crippen molar-refractivity contribution in [3.05, 3.63) is 28.8 Å². The minimum atomic E-state index is -1.09. The molecule has 0 saturated carbocycles. The van der Waals surface area contributed by atoms with E-state index < -0.39 is 5.97 Å². The molecule has 0 aliphatic heterocycles. The largest absolute Gasteiger partial charge is 0.476 e. The molecular formula is C9H7BrN4O2. The smallest absolute Gasteiger partial charge is 0.356 e. The highest BCUT2D eigenvalue weighted by Gasteiger charge is 2.12. The van der Waals surface area contributed by atoms with Crippen molar-refractivity contribution in [2.75, 3.05) is 0 Å². The molecule has 1 N–H and O–H groups in total. The lowest BCUT2D eigenvalue weighted by atomic mass is 10.3. The number of halogens is 1. The maximum Gasteiger partial charge on any atom is 0.356 e. The minimum absolute atomic E-state index is 0.0814. The Kier molecular flexibility index (Phi) is 2.69. The SMILES string of the molecule is Cn1ncc(Br)c1-c1cnc(C(=O)O)cn1. The zero-order valence-corrected chi connectivity index (χ0v) is 9.84. The molecule has 0 aliphatic carbocycles. The third-order valence-electron chi connectivity index (χ3n) is 2.01. The predicted molar refractivity (Wildman–Crippen MR) is 58.9 cm³/mol. The lowest BCUT2D eigenvalue weighted by molar-refractivity contribution is 0.0690. The average Bonchev–Trinajstić information content (AvgIpc) is 2.59. The molecule has 0 aliphatic rings. The zero-order chi connectivity index (χ0) is 11.7. The monoisotopic (exact) mass is 282 g/mol. The van der Waals surface area contributed by atoms with E-state index in [0.717, 1.165) is 10.2 Å². The first-order valence-corrected chi connectivity index (χ1v) is 5.12. The maximum absolute atomic E-state index is 10.6. The van der Waals surface area contributed by atoms with Gasteiger partial charge in [-0.15, -0.1) is 0 Å². The van der Waals surface area contributed by atoms with Crippen molar-refractivity contribution in [2.24, 2.45) is 7.05 Å². The van der Waals surface area contributed by atoms with Gasteiger partial charge in [-0.05, 0) is 15.9 Å². The van der Waals surface area contributed by atoms with Crippen LogP contribution in [-0.4, -0.2) is 30.8 Å². The van der Waals surface area contributed by atoms with E-state index in [0.29, 0.717) is 5.69 Å². The number of hydrogen-bond acceptors (Lipinski definition) is 4. The summed E-state index contributed by atoms with van der Waals surface area (Å²) in [5, 5.41) is 12.7. The molecule has 2 heterocycles. The van der Waals surface area contributed by atoms with Crippen molar-refractivity contribution in [3.8, 4) is 11.4 Å². The van der Waals surface area contributed by atoms with Gasteiger partial charge in [-0.25, -0.2) is 9.78 Å². The van der Waals surface area contributed by atoms with Gasteiger partial charge in [0.15, 0.2) is 5.69 Å². The number of nitrogens with zero attached hydrogens (tertiary/aromatic N) is 4. The van der Waals surface area contributed by atoms with Crippen molar-refractivity contribution in [3.63, 3.8) is 0 Å². The van der Waals surface area contributed by atoms with E-state index in [1.165, 1.54) is 12.4 Å². The van der Waals surface area contributed by atoms with Gasteiger partial charge in [-0.3, -0.25) is 9.67 Å². The van der Waals surface area contributed by atoms with Gasteiger partial charge >= 0.3 is 5.97 Å². The van der Waals surface area contributed by atoms with Gasteiger partial charge in [0, 0.05) is 7.05 Å². The molecule has 6 nitrogen and oxygen atoms in total. The molecule has 0 spiro atoms. The fourth-order valence-electron chi connectivity index (χ4n) is 1.26. The van der Waals surface area contributed by atoms with Crippen LogP contribution in [0, 0.1) is 0 Å². The van der Waals surface area contributed by atoms with Crippen molar-refractivity contribution < 1.29 is 9.90 Å². The molecule has 7 heteroatoms. The summed E-state index contributed by atoms with van der Waals surface area (Å²) < 4.78 is 2.42. The van der Waals surface area contributed by atoms with Crippen LogP contribution in [0.3, 0.4) is 0 Å². The Morgan fingerprint density at radius 2 is 2.12 bits per heavy atom. The molecule has 2 aromatic rings. The molecule has 82 valence electrons. The van der Waals surface area contributed by atoms with Crippen LogP contribution >= 0.6 is 15.9 Å². The van der Waals surface area contributed by atoms with Gasteiger partial charge in [0.25, 0.3) is 0 Å². The molecule has 0 bridgehead atoms. The minimum Gasteiger partial charge on any atom is -0.476 e. The van der Waals surface area contributed by atoms with Crippen molar-refractivity contribution in [1.29, 1.82) is 0 Å². The number of rotatable bonds is 2. The molecule has 0 unspecified atom stereocenters. The fraction of sp³-hybridized carbons (Fsp3) is 0.111. The van der Waals surface area contributed by atoms with Crippen LogP contribution in [0.15, 0.2) is 23.1 Å². The van der Waals surface area contributed by atoms with E-state index in [4.69, 9.17) is 5.11 Å². The number of carboxylic acid groups (broad SMARTS) is 1. The summed E-state index contributed by atoms with van der Waals surface area (Å²) in [6, 6.07) is 0. The number of carboxylic acids is 1.